The van der Waals surface area contributed by atoms with Crippen LogP contribution in [-0.4, -0.2) is 19.2 Å². The molecular weight excluding hydrogens is 359 g/mol. The Morgan fingerprint density at radius 1 is 1.21 bits per heavy atom. The molecule has 0 aliphatic carbocycles. The second-order valence-corrected chi connectivity index (χ2v) is 6.22. The number of methoxy groups -OCH3 is 1. The number of rotatable bonds is 8. The predicted molar refractivity (Wildman–Crippen MR) is 108 cm³/mol. The number of carbonyl (C=O) groups excluding carboxylic acids is 1. The molecule has 0 radical (unpaired) electrons. The van der Waals surface area contributed by atoms with E-state index in [4.69, 9.17) is 15.2 Å². The molecule has 0 aromatic heterocycles. The Hall–Kier alpha value is -3.28. The van der Waals surface area contributed by atoms with Crippen LogP contribution in [0.5, 0.6) is 17.2 Å². The largest absolute Gasteiger partial charge is 0.493 e. The van der Waals surface area contributed by atoms with Crippen molar-refractivity contribution in [2.24, 2.45) is 5.73 Å². The van der Waals surface area contributed by atoms with Crippen LogP contribution in [0.4, 0.5) is 4.39 Å². The monoisotopic (exact) mass is 384 g/mol. The van der Waals surface area contributed by atoms with Crippen LogP contribution in [0.2, 0.25) is 0 Å². The highest BCUT2D eigenvalue weighted by atomic mass is 19.1. The molecule has 3 N–H and O–H groups in total. The molecule has 6 heteroatoms. The summed E-state index contributed by atoms with van der Waals surface area (Å²) < 4.78 is 24.2. The number of halogens is 1. The van der Waals surface area contributed by atoms with Crippen LogP contribution in [-0.2, 0) is 11.3 Å². The third kappa shape index (κ3) is 6.16. The molecule has 2 rings (SSSR count). The van der Waals surface area contributed by atoms with Crippen LogP contribution in [0.15, 0.2) is 72.0 Å². The highest BCUT2D eigenvalue weighted by Crippen LogP contribution is 2.31. The van der Waals surface area contributed by atoms with Crippen LogP contribution in [0.1, 0.15) is 19.4 Å². The second-order valence-electron chi connectivity index (χ2n) is 6.22. The summed E-state index contributed by atoms with van der Waals surface area (Å²) in [6.07, 6.45) is 1.52. The van der Waals surface area contributed by atoms with Gasteiger partial charge in [0, 0.05) is 12.2 Å². The van der Waals surface area contributed by atoms with E-state index in [1.54, 1.807) is 14.0 Å². The summed E-state index contributed by atoms with van der Waals surface area (Å²) in [4.78, 5) is 12.4. The van der Waals surface area contributed by atoms with Gasteiger partial charge in [-0.15, -0.1) is 0 Å². The number of benzene rings is 2. The molecule has 1 amide bonds. The summed E-state index contributed by atoms with van der Waals surface area (Å²) in [6, 6.07) is 14.7. The Labute approximate surface area is 164 Å². The van der Waals surface area contributed by atoms with E-state index < -0.39 is 6.17 Å². The maximum atomic E-state index is 13.0. The van der Waals surface area contributed by atoms with Gasteiger partial charge < -0.3 is 20.5 Å². The third-order valence-corrected chi connectivity index (χ3v) is 3.85. The van der Waals surface area contributed by atoms with Crippen molar-refractivity contribution in [3.8, 4) is 17.2 Å². The zero-order valence-corrected chi connectivity index (χ0v) is 16.2. The average molecular weight is 384 g/mol. The fourth-order valence-corrected chi connectivity index (χ4v) is 2.44. The summed E-state index contributed by atoms with van der Waals surface area (Å²) in [5, 5.41) is 2.79. The van der Waals surface area contributed by atoms with Crippen LogP contribution in [0.3, 0.4) is 0 Å². The van der Waals surface area contributed by atoms with Gasteiger partial charge in [0.25, 0.3) is 5.91 Å². The second kappa shape index (κ2) is 10.2. The van der Waals surface area contributed by atoms with Gasteiger partial charge in [-0.1, -0.05) is 30.3 Å². The van der Waals surface area contributed by atoms with Crippen LogP contribution < -0.4 is 20.5 Å². The quantitative estimate of drug-likeness (QED) is 0.527. The topological polar surface area (TPSA) is 73.6 Å². The molecule has 1 atom stereocenters. The molecule has 148 valence electrons. The normalized spacial score (nSPS) is 13.0. The molecule has 2 aromatic rings. The lowest BCUT2D eigenvalue weighted by Gasteiger charge is -2.12. The van der Waals surface area contributed by atoms with Gasteiger partial charge >= 0.3 is 0 Å². The van der Waals surface area contributed by atoms with Gasteiger partial charge in [0.15, 0.2) is 11.5 Å². The lowest BCUT2D eigenvalue weighted by molar-refractivity contribution is -0.117. The standard InChI is InChI=1S/C22H25FN2O3/c1-15(23)11-12-19(16(2)24)22(26)25-14-17-7-6-8-18(13-17)28-21-10-5-4-9-20(21)27-3/h4-13,15H,14,24H2,1-3H3,(H,25,26)/b12-11-,19-16-. The predicted octanol–water partition coefficient (Wildman–Crippen LogP) is 4.25. The van der Waals surface area contributed by atoms with E-state index in [0.29, 0.717) is 22.9 Å². The number of nitrogens with two attached hydrogens (primary N) is 1. The molecule has 0 spiro atoms. The summed E-state index contributed by atoms with van der Waals surface area (Å²) in [5.74, 6) is 1.48. The minimum atomic E-state index is -1.16. The first-order valence-corrected chi connectivity index (χ1v) is 8.87. The van der Waals surface area contributed by atoms with Gasteiger partial charge in [-0.05, 0) is 49.8 Å². The molecule has 0 heterocycles. The van der Waals surface area contributed by atoms with Gasteiger partial charge in [-0.2, -0.15) is 0 Å². The van der Waals surface area contributed by atoms with Gasteiger partial charge in [-0.25, -0.2) is 4.39 Å². The lowest BCUT2D eigenvalue weighted by Crippen LogP contribution is -2.25. The molecule has 0 aliphatic heterocycles. The van der Waals surface area contributed by atoms with Crippen molar-refractivity contribution in [3.05, 3.63) is 77.5 Å². The van der Waals surface area contributed by atoms with Crippen molar-refractivity contribution >= 4 is 5.91 Å². The highest BCUT2D eigenvalue weighted by molar-refractivity contribution is 5.96. The first kappa shape index (κ1) is 21.0. The fourth-order valence-electron chi connectivity index (χ4n) is 2.44. The number of allylic oxidation sites excluding steroid dienone is 2. The van der Waals surface area contributed by atoms with Crippen LogP contribution >= 0.6 is 0 Å². The Morgan fingerprint density at radius 3 is 2.57 bits per heavy atom. The Morgan fingerprint density at radius 2 is 1.93 bits per heavy atom. The van der Waals surface area contributed by atoms with E-state index in [2.05, 4.69) is 5.32 Å². The molecule has 28 heavy (non-hydrogen) atoms. The number of para-hydroxylation sites is 2. The number of amides is 1. The van der Waals surface area contributed by atoms with E-state index in [1.807, 2.05) is 48.5 Å². The summed E-state index contributed by atoms with van der Waals surface area (Å²) in [5.41, 5.74) is 7.15. The van der Waals surface area contributed by atoms with Crippen molar-refractivity contribution in [3.63, 3.8) is 0 Å². The first-order chi connectivity index (χ1) is 13.4. The molecular formula is C22H25FN2O3. The highest BCUT2D eigenvalue weighted by Gasteiger charge is 2.10. The van der Waals surface area contributed by atoms with Gasteiger partial charge in [0.05, 0.1) is 12.7 Å². The Bertz CT molecular complexity index is 872. The van der Waals surface area contributed by atoms with Gasteiger partial charge in [-0.3, -0.25) is 4.79 Å². The van der Waals surface area contributed by atoms with Crippen LogP contribution in [0, 0.1) is 0 Å². The number of hydrogen-bond acceptors (Lipinski definition) is 4. The van der Waals surface area contributed by atoms with E-state index in [1.165, 1.54) is 19.1 Å². The number of alkyl halides is 1. The van der Waals surface area contributed by atoms with Crippen molar-refractivity contribution in [2.75, 3.05) is 7.11 Å². The maximum absolute atomic E-state index is 13.0. The molecule has 1 unspecified atom stereocenters. The van der Waals surface area contributed by atoms with E-state index in [0.717, 1.165) is 5.56 Å². The molecule has 0 aliphatic rings. The van der Waals surface area contributed by atoms with Gasteiger partial charge in [0.1, 0.15) is 11.9 Å². The van der Waals surface area contributed by atoms with Crippen molar-refractivity contribution in [1.29, 1.82) is 0 Å². The molecule has 5 nitrogen and oxygen atoms in total. The summed E-state index contributed by atoms with van der Waals surface area (Å²) in [7, 11) is 1.58. The SMILES string of the molecule is COc1ccccc1Oc1cccc(CNC(=O)C(/C=C\C(C)F)=C(/C)N)c1. The number of ether oxygens (including phenoxy) is 2. The van der Waals surface area contributed by atoms with Crippen molar-refractivity contribution in [1.82, 2.24) is 5.32 Å². The number of hydrogen-bond donors (Lipinski definition) is 2. The summed E-state index contributed by atoms with van der Waals surface area (Å²) >= 11 is 0. The Kier molecular flexibility index (Phi) is 7.63. The van der Waals surface area contributed by atoms with E-state index in [-0.39, 0.29) is 18.0 Å². The minimum Gasteiger partial charge on any atom is -0.493 e. The summed E-state index contributed by atoms with van der Waals surface area (Å²) in [6.45, 7) is 3.26. The van der Waals surface area contributed by atoms with Crippen molar-refractivity contribution in [2.45, 2.75) is 26.6 Å². The molecule has 2 aromatic carbocycles. The maximum Gasteiger partial charge on any atom is 0.253 e. The van der Waals surface area contributed by atoms with Gasteiger partial charge in [0.2, 0.25) is 0 Å². The molecule has 0 saturated heterocycles. The first-order valence-electron chi connectivity index (χ1n) is 8.87. The number of carbonyl (C=O) groups is 1. The fraction of sp³-hybridized carbons (Fsp3) is 0.227. The average Bonchev–Trinajstić information content (AvgIpc) is 2.66. The molecule has 0 bridgehead atoms. The third-order valence-electron chi connectivity index (χ3n) is 3.85. The zero-order valence-electron chi connectivity index (χ0n) is 16.2. The Balaban J connectivity index is 2.06. The number of nitrogens with one attached hydrogen (secondary N) is 1. The van der Waals surface area contributed by atoms with Crippen molar-refractivity contribution < 1.29 is 18.7 Å². The van der Waals surface area contributed by atoms with E-state index >= 15 is 0 Å². The molecule has 0 saturated carbocycles. The smallest absolute Gasteiger partial charge is 0.253 e. The van der Waals surface area contributed by atoms with E-state index in [9.17, 15) is 9.18 Å². The lowest BCUT2D eigenvalue weighted by atomic mass is 10.1. The molecule has 0 fully saturated rings. The van der Waals surface area contributed by atoms with Crippen LogP contribution in [0.25, 0.3) is 0 Å². The zero-order chi connectivity index (χ0) is 20.5. The minimum absolute atomic E-state index is 0.242.